The Morgan fingerprint density at radius 3 is 2.06 bits per heavy atom. The molecule has 0 nitrogen and oxygen atoms in total. The van der Waals surface area contributed by atoms with E-state index in [0.717, 1.165) is 0 Å². The van der Waals surface area contributed by atoms with Crippen molar-refractivity contribution in [1.29, 1.82) is 0 Å². The SMILES string of the molecule is CC(I)c1ccc2c(c1)C(C)(C)CCC2(C)C. The molecule has 1 aromatic rings. The van der Waals surface area contributed by atoms with Crippen molar-refractivity contribution in [3.8, 4) is 0 Å². The fourth-order valence-corrected chi connectivity index (χ4v) is 3.24. The van der Waals surface area contributed by atoms with Crippen molar-refractivity contribution in [3.63, 3.8) is 0 Å². The number of halogens is 1. The highest BCUT2D eigenvalue weighted by Crippen LogP contribution is 2.46. The van der Waals surface area contributed by atoms with Crippen LogP contribution in [0.15, 0.2) is 18.2 Å². The summed E-state index contributed by atoms with van der Waals surface area (Å²) in [6, 6.07) is 7.15. The topological polar surface area (TPSA) is 0 Å². The molecule has 0 radical (unpaired) electrons. The van der Waals surface area contributed by atoms with Gasteiger partial charge < -0.3 is 0 Å². The molecule has 0 N–H and O–H groups in total. The number of rotatable bonds is 1. The minimum Gasteiger partial charge on any atom is -0.0777 e. The lowest BCUT2D eigenvalue weighted by Gasteiger charge is -2.42. The molecule has 0 heterocycles. The summed E-state index contributed by atoms with van der Waals surface area (Å²) >= 11 is 2.50. The summed E-state index contributed by atoms with van der Waals surface area (Å²) in [6.45, 7) is 11.8. The molecule has 0 aliphatic heterocycles. The number of hydrogen-bond acceptors (Lipinski definition) is 0. The molecular weight excluding hydrogens is 319 g/mol. The van der Waals surface area contributed by atoms with Gasteiger partial charge in [0.05, 0.1) is 0 Å². The molecule has 1 aliphatic carbocycles. The second-order valence-electron chi connectivity index (χ2n) is 6.69. The first-order valence-corrected chi connectivity index (χ1v) is 7.78. The molecule has 1 aliphatic rings. The van der Waals surface area contributed by atoms with Crippen LogP contribution >= 0.6 is 22.6 Å². The van der Waals surface area contributed by atoms with Crippen LogP contribution in [0.25, 0.3) is 0 Å². The number of alkyl halides is 1. The average molecular weight is 342 g/mol. The zero-order valence-electron chi connectivity index (χ0n) is 11.6. The summed E-state index contributed by atoms with van der Waals surface area (Å²) in [7, 11) is 0. The van der Waals surface area contributed by atoms with Crippen molar-refractivity contribution in [1.82, 2.24) is 0 Å². The first-order chi connectivity index (χ1) is 7.74. The van der Waals surface area contributed by atoms with E-state index in [9.17, 15) is 0 Å². The largest absolute Gasteiger partial charge is 0.0777 e. The summed E-state index contributed by atoms with van der Waals surface area (Å²) in [5.41, 5.74) is 5.30. The fourth-order valence-electron chi connectivity index (χ4n) is 2.85. The normalized spacial score (nSPS) is 22.9. The van der Waals surface area contributed by atoms with Gasteiger partial charge in [-0.1, -0.05) is 68.5 Å². The van der Waals surface area contributed by atoms with Gasteiger partial charge in [-0.15, -0.1) is 0 Å². The quantitative estimate of drug-likeness (QED) is 0.465. The Morgan fingerprint density at radius 1 is 1.00 bits per heavy atom. The van der Waals surface area contributed by atoms with Crippen LogP contribution in [-0.4, -0.2) is 0 Å². The standard InChI is InChI=1S/C16H23I/c1-11(17)12-6-7-13-14(10-12)16(4,5)9-8-15(13,2)3/h6-7,10-11H,8-9H2,1-5H3. The monoisotopic (exact) mass is 342 g/mol. The van der Waals surface area contributed by atoms with E-state index in [1.807, 2.05) is 0 Å². The lowest BCUT2D eigenvalue weighted by molar-refractivity contribution is 0.331. The van der Waals surface area contributed by atoms with Gasteiger partial charge in [-0.3, -0.25) is 0 Å². The number of fused-ring (bicyclic) bond motifs is 1. The Hall–Kier alpha value is -0.0500. The fraction of sp³-hybridized carbons (Fsp3) is 0.625. The molecule has 0 amide bonds. The van der Waals surface area contributed by atoms with Crippen molar-refractivity contribution in [2.24, 2.45) is 0 Å². The van der Waals surface area contributed by atoms with E-state index in [1.165, 1.54) is 18.4 Å². The predicted octanol–water partition coefficient (Wildman–Crippen LogP) is 5.53. The van der Waals surface area contributed by atoms with Crippen molar-refractivity contribution in [2.75, 3.05) is 0 Å². The van der Waals surface area contributed by atoms with Crippen LogP contribution in [0.5, 0.6) is 0 Å². The van der Waals surface area contributed by atoms with Gasteiger partial charge in [-0.05, 0) is 47.3 Å². The average Bonchev–Trinajstić information content (AvgIpc) is 2.24. The second kappa shape index (κ2) is 4.25. The molecule has 0 aromatic heterocycles. The molecule has 0 saturated heterocycles. The number of hydrogen-bond donors (Lipinski definition) is 0. The van der Waals surface area contributed by atoms with E-state index in [0.29, 0.717) is 14.8 Å². The summed E-state index contributed by atoms with van der Waals surface area (Å²) in [4.78, 5) is 0. The van der Waals surface area contributed by atoms with Crippen LogP contribution in [0, 0.1) is 0 Å². The van der Waals surface area contributed by atoms with Crippen LogP contribution in [0.2, 0.25) is 0 Å². The van der Waals surface area contributed by atoms with Gasteiger partial charge in [0.1, 0.15) is 0 Å². The van der Waals surface area contributed by atoms with Gasteiger partial charge in [-0.2, -0.15) is 0 Å². The maximum atomic E-state index is 2.50. The minimum absolute atomic E-state index is 0.340. The highest BCUT2D eigenvalue weighted by Gasteiger charge is 2.36. The molecule has 1 aromatic carbocycles. The van der Waals surface area contributed by atoms with Crippen molar-refractivity contribution < 1.29 is 0 Å². The van der Waals surface area contributed by atoms with Gasteiger partial charge in [0.15, 0.2) is 0 Å². The Bertz CT molecular complexity index is 427. The molecule has 0 spiro atoms. The third kappa shape index (κ3) is 2.40. The molecule has 0 fully saturated rings. The zero-order chi connectivity index (χ0) is 12.8. The van der Waals surface area contributed by atoms with Crippen LogP contribution in [0.3, 0.4) is 0 Å². The Balaban J connectivity index is 2.60. The van der Waals surface area contributed by atoms with Crippen LogP contribution in [-0.2, 0) is 10.8 Å². The smallest absolute Gasteiger partial charge is 0.0331 e. The Kier molecular flexibility index (Phi) is 3.35. The van der Waals surface area contributed by atoms with Crippen molar-refractivity contribution in [3.05, 3.63) is 34.9 Å². The Labute approximate surface area is 119 Å². The number of benzene rings is 1. The predicted molar refractivity (Wildman–Crippen MR) is 84.2 cm³/mol. The lowest BCUT2D eigenvalue weighted by atomic mass is 9.63. The highest BCUT2D eigenvalue weighted by atomic mass is 127. The maximum absolute atomic E-state index is 2.50. The molecule has 1 unspecified atom stereocenters. The first kappa shape index (κ1) is 13.4. The summed E-state index contributed by atoms with van der Waals surface area (Å²) in [5, 5.41) is 0. The Morgan fingerprint density at radius 2 is 1.53 bits per heavy atom. The van der Waals surface area contributed by atoms with Gasteiger partial charge in [0.25, 0.3) is 0 Å². The van der Waals surface area contributed by atoms with Gasteiger partial charge >= 0.3 is 0 Å². The summed E-state index contributed by atoms with van der Waals surface area (Å²) < 4.78 is 0.596. The van der Waals surface area contributed by atoms with Crippen molar-refractivity contribution in [2.45, 2.75) is 62.2 Å². The van der Waals surface area contributed by atoms with Gasteiger partial charge in [0.2, 0.25) is 0 Å². The lowest BCUT2D eigenvalue weighted by Crippen LogP contribution is -2.33. The van der Waals surface area contributed by atoms with E-state index >= 15 is 0 Å². The molecule has 0 saturated carbocycles. The first-order valence-electron chi connectivity index (χ1n) is 6.53. The molecule has 2 rings (SSSR count). The molecule has 17 heavy (non-hydrogen) atoms. The van der Waals surface area contributed by atoms with Crippen LogP contribution < -0.4 is 0 Å². The molecular formula is C16H23I. The molecule has 94 valence electrons. The van der Waals surface area contributed by atoms with E-state index in [2.05, 4.69) is 75.4 Å². The van der Waals surface area contributed by atoms with E-state index in [-0.39, 0.29) is 0 Å². The zero-order valence-corrected chi connectivity index (χ0v) is 13.8. The van der Waals surface area contributed by atoms with Crippen LogP contribution in [0.4, 0.5) is 0 Å². The van der Waals surface area contributed by atoms with Crippen molar-refractivity contribution >= 4 is 22.6 Å². The third-order valence-electron chi connectivity index (χ3n) is 4.34. The summed E-state index contributed by atoms with van der Waals surface area (Å²) in [6.07, 6.45) is 2.60. The minimum atomic E-state index is 0.340. The second-order valence-corrected chi connectivity index (χ2v) is 8.56. The maximum Gasteiger partial charge on any atom is 0.0331 e. The molecule has 0 bridgehead atoms. The third-order valence-corrected chi connectivity index (χ3v) is 5.06. The summed E-state index contributed by atoms with van der Waals surface area (Å²) in [5.74, 6) is 0. The highest BCUT2D eigenvalue weighted by molar-refractivity contribution is 14.1. The van der Waals surface area contributed by atoms with Gasteiger partial charge in [0, 0.05) is 3.92 Å². The van der Waals surface area contributed by atoms with Crippen LogP contribution in [0.1, 0.15) is 68.1 Å². The molecule has 1 heteroatoms. The van der Waals surface area contributed by atoms with E-state index in [1.54, 1.807) is 11.1 Å². The van der Waals surface area contributed by atoms with E-state index in [4.69, 9.17) is 0 Å². The molecule has 1 atom stereocenters. The van der Waals surface area contributed by atoms with E-state index < -0.39 is 0 Å². The van der Waals surface area contributed by atoms with Gasteiger partial charge in [-0.25, -0.2) is 0 Å².